The number of hydrazine groups is 1. The fourth-order valence-electron chi connectivity index (χ4n) is 6.19. The van der Waals surface area contributed by atoms with Gasteiger partial charge in [0.15, 0.2) is 0 Å². The third kappa shape index (κ3) is 5.12. The van der Waals surface area contributed by atoms with Gasteiger partial charge in [-0.05, 0) is 74.2 Å². The first-order valence-corrected chi connectivity index (χ1v) is 11.0. The van der Waals surface area contributed by atoms with Crippen molar-refractivity contribution in [2.45, 2.75) is 58.4 Å². The molecule has 30 heavy (non-hydrogen) atoms. The van der Waals surface area contributed by atoms with Gasteiger partial charge in [0.05, 0.1) is 0 Å². The van der Waals surface area contributed by atoms with Crippen LogP contribution in [0.15, 0.2) is 24.3 Å². The largest absolute Gasteiger partial charge is 0.334 e. The number of hydrogen-bond acceptors (Lipinski definition) is 3. The highest BCUT2D eigenvalue weighted by atomic mass is 16.2. The van der Waals surface area contributed by atoms with Crippen LogP contribution in [0.5, 0.6) is 0 Å². The Morgan fingerprint density at radius 1 is 0.867 bits per heavy atom. The molecule has 0 aromatic heterocycles. The molecule has 4 bridgehead atoms. The highest BCUT2D eigenvalue weighted by Crippen LogP contribution is 2.61. The standard InChI is InChI=1S/C23H32N4O3/c1-15-2-4-16(5-3-15)13-24-22(30)25-14-21(29)27-26-20(28)12-23-9-17-6-18(10-23)8-19(7-17)11-23/h2-5,17-19H,6-14H2,1H3,(H,26,28)(H,27,29)(H2,24,25,30). The molecule has 0 spiro atoms. The first-order chi connectivity index (χ1) is 14.4. The Morgan fingerprint density at radius 2 is 1.43 bits per heavy atom. The number of hydrogen-bond donors (Lipinski definition) is 4. The molecule has 7 nitrogen and oxygen atoms in total. The van der Waals surface area contributed by atoms with Crippen LogP contribution in [0.2, 0.25) is 0 Å². The zero-order valence-corrected chi connectivity index (χ0v) is 17.6. The van der Waals surface area contributed by atoms with Gasteiger partial charge in [-0.1, -0.05) is 29.8 Å². The zero-order chi connectivity index (χ0) is 21.1. The maximum atomic E-state index is 12.4. The summed E-state index contributed by atoms with van der Waals surface area (Å²) in [5.74, 6) is 1.80. The molecule has 4 aliphatic carbocycles. The van der Waals surface area contributed by atoms with E-state index in [1.54, 1.807) is 0 Å². The minimum atomic E-state index is -0.445. The average Bonchev–Trinajstić information content (AvgIpc) is 2.69. The van der Waals surface area contributed by atoms with E-state index < -0.39 is 11.9 Å². The van der Waals surface area contributed by atoms with Crippen LogP contribution < -0.4 is 21.5 Å². The van der Waals surface area contributed by atoms with E-state index in [9.17, 15) is 14.4 Å². The van der Waals surface area contributed by atoms with E-state index in [1.807, 2.05) is 31.2 Å². The van der Waals surface area contributed by atoms with Crippen molar-refractivity contribution >= 4 is 17.8 Å². The highest BCUT2D eigenvalue weighted by molar-refractivity contribution is 5.86. The van der Waals surface area contributed by atoms with E-state index in [4.69, 9.17) is 0 Å². The third-order valence-electron chi connectivity index (χ3n) is 7.03. The van der Waals surface area contributed by atoms with Crippen LogP contribution in [0, 0.1) is 30.1 Å². The summed E-state index contributed by atoms with van der Waals surface area (Å²) in [6.07, 6.45) is 7.98. The van der Waals surface area contributed by atoms with Gasteiger partial charge in [-0.2, -0.15) is 0 Å². The molecular formula is C23H32N4O3. The number of benzene rings is 1. The summed E-state index contributed by atoms with van der Waals surface area (Å²) in [5, 5.41) is 5.21. The molecular weight excluding hydrogens is 380 g/mol. The van der Waals surface area contributed by atoms with Gasteiger partial charge in [0.1, 0.15) is 6.54 Å². The van der Waals surface area contributed by atoms with Gasteiger partial charge < -0.3 is 10.6 Å². The lowest BCUT2D eigenvalue weighted by Crippen LogP contribution is -2.51. The number of nitrogens with one attached hydrogen (secondary N) is 4. The van der Waals surface area contributed by atoms with Crippen LogP contribution in [0.1, 0.15) is 56.1 Å². The molecule has 0 heterocycles. The Hall–Kier alpha value is -2.57. The van der Waals surface area contributed by atoms with Crippen molar-refractivity contribution in [1.82, 2.24) is 21.5 Å². The third-order valence-corrected chi connectivity index (χ3v) is 7.03. The summed E-state index contributed by atoms with van der Waals surface area (Å²) >= 11 is 0. The van der Waals surface area contributed by atoms with Crippen molar-refractivity contribution in [2.24, 2.45) is 23.2 Å². The molecule has 0 aliphatic heterocycles. The number of carbonyl (C=O) groups excluding carboxylic acids is 3. The molecule has 0 atom stereocenters. The van der Waals surface area contributed by atoms with Crippen molar-refractivity contribution in [1.29, 1.82) is 0 Å². The molecule has 4 saturated carbocycles. The topological polar surface area (TPSA) is 99.3 Å². The van der Waals surface area contributed by atoms with Crippen LogP contribution in [0.4, 0.5) is 4.79 Å². The van der Waals surface area contributed by atoms with Crippen LogP contribution in [0.3, 0.4) is 0 Å². The Balaban J connectivity index is 1.13. The molecule has 0 radical (unpaired) electrons. The molecule has 0 saturated heterocycles. The fraction of sp³-hybridized carbons (Fsp3) is 0.609. The predicted octanol–water partition coefficient (Wildman–Crippen LogP) is 2.55. The minimum absolute atomic E-state index is 0.130. The van der Waals surface area contributed by atoms with E-state index in [2.05, 4.69) is 21.5 Å². The number of rotatable bonds is 6. The Kier molecular flexibility index (Phi) is 5.97. The van der Waals surface area contributed by atoms with Crippen LogP contribution in [0.25, 0.3) is 0 Å². The van der Waals surface area contributed by atoms with Gasteiger partial charge >= 0.3 is 6.03 Å². The smallest absolute Gasteiger partial charge is 0.315 e. The van der Waals surface area contributed by atoms with Crippen LogP contribution >= 0.6 is 0 Å². The minimum Gasteiger partial charge on any atom is -0.334 e. The molecule has 7 heteroatoms. The number of amides is 4. The van der Waals surface area contributed by atoms with E-state index in [0.717, 1.165) is 48.1 Å². The van der Waals surface area contributed by atoms with E-state index in [1.165, 1.54) is 19.3 Å². The summed E-state index contributed by atoms with van der Waals surface area (Å²) in [6, 6.07) is 7.43. The quantitative estimate of drug-likeness (QED) is 0.540. The number of carbonyl (C=O) groups is 3. The van der Waals surface area contributed by atoms with Gasteiger partial charge in [-0.25, -0.2) is 4.79 Å². The fourth-order valence-corrected chi connectivity index (χ4v) is 6.19. The van der Waals surface area contributed by atoms with Gasteiger partial charge in [0, 0.05) is 13.0 Å². The maximum Gasteiger partial charge on any atom is 0.315 e. The van der Waals surface area contributed by atoms with Gasteiger partial charge in [0.2, 0.25) is 5.91 Å². The summed E-state index contributed by atoms with van der Waals surface area (Å²) in [7, 11) is 0. The van der Waals surface area contributed by atoms with Crippen molar-refractivity contribution in [2.75, 3.05) is 6.54 Å². The molecule has 1 aromatic carbocycles. The molecule has 4 N–H and O–H groups in total. The second kappa shape index (κ2) is 8.66. The summed E-state index contributed by atoms with van der Waals surface area (Å²) < 4.78 is 0. The number of urea groups is 1. The molecule has 162 valence electrons. The average molecular weight is 413 g/mol. The monoisotopic (exact) mass is 412 g/mol. The summed E-state index contributed by atoms with van der Waals surface area (Å²) in [5.41, 5.74) is 7.23. The first-order valence-electron chi connectivity index (χ1n) is 11.0. The first kappa shape index (κ1) is 20.7. The van der Waals surface area contributed by atoms with E-state index in [-0.39, 0.29) is 17.9 Å². The normalized spacial score (nSPS) is 28.6. The Morgan fingerprint density at radius 3 is 2.03 bits per heavy atom. The predicted molar refractivity (Wildman–Crippen MR) is 113 cm³/mol. The zero-order valence-electron chi connectivity index (χ0n) is 17.6. The molecule has 0 unspecified atom stereocenters. The van der Waals surface area contributed by atoms with Gasteiger partial charge in [-0.15, -0.1) is 0 Å². The van der Waals surface area contributed by atoms with Gasteiger partial charge in [-0.3, -0.25) is 20.4 Å². The van der Waals surface area contributed by atoms with Crippen LogP contribution in [-0.2, 0) is 16.1 Å². The molecule has 1 aromatic rings. The summed E-state index contributed by atoms with van der Waals surface area (Å²) in [4.78, 5) is 36.2. The van der Waals surface area contributed by atoms with Crippen LogP contribution in [-0.4, -0.2) is 24.4 Å². The lowest BCUT2D eigenvalue weighted by atomic mass is 9.49. The van der Waals surface area contributed by atoms with Crippen molar-refractivity contribution < 1.29 is 14.4 Å². The Labute approximate surface area is 177 Å². The molecule has 4 aliphatic rings. The Bertz CT molecular complexity index is 770. The second-order valence-electron chi connectivity index (χ2n) is 9.71. The van der Waals surface area contributed by atoms with Gasteiger partial charge in [0.25, 0.3) is 5.91 Å². The van der Waals surface area contributed by atoms with E-state index in [0.29, 0.717) is 13.0 Å². The molecule has 5 rings (SSSR count). The van der Waals surface area contributed by atoms with Crippen molar-refractivity contribution in [3.63, 3.8) is 0 Å². The molecule has 4 amide bonds. The lowest BCUT2D eigenvalue weighted by molar-refractivity contribution is -0.134. The summed E-state index contributed by atoms with van der Waals surface area (Å²) in [6.45, 7) is 2.19. The molecule has 4 fully saturated rings. The SMILES string of the molecule is Cc1ccc(CNC(=O)NCC(=O)NNC(=O)CC23CC4CC(CC(C4)C2)C3)cc1. The van der Waals surface area contributed by atoms with Crippen molar-refractivity contribution in [3.05, 3.63) is 35.4 Å². The number of aryl methyl sites for hydroxylation is 1. The highest BCUT2D eigenvalue weighted by Gasteiger charge is 2.51. The van der Waals surface area contributed by atoms with E-state index >= 15 is 0 Å². The van der Waals surface area contributed by atoms with Crippen molar-refractivity contribution in [3.8, 4) is 0 Å². The lowest BCUT2D eigenvalue weighted by Gasteiger charge is -2.56. The second-order valence-corrected chi connectivity index (χ2v) is 9.71. The maximum absolute atomic E-state index is 12.4.